The van der Waals surface area contributed by atoms with E-state index in [-0.39, 0.29) is 33.4 Å². The Labute approximate surface area is 114 Å². The first-order valence-corrected chi connectivity index (χ1v) is 6.30. The van der Waals surface area contributed by atoms with E-state index in [1.165, 1.54) is 38.1 Å². The maximum Gasteiger partial charge on any atom is 0.164 e. The lowest BCUT2D eigenvalue weighted by atomic mass is 9.81. The molecule has 0 fully saturated rings. The summed E-state index contributed by atoms with van der Waals surface area (Å²) in [5.74, 6) is -1.52. The van der Waals surface area contributed by atoms with Crippen molar-refractivity contribution in [3.05, 3.63) is 58.2 Å². The fourth-order valence-electron chi connectivity index (χ4n) is 2.71. The summed E-state index contributed by atoms with van der Waals surface area (Å²) in [6.07, 6.45) is -4.37. The molecule has 1 aliphatic carbocycles. The standard InChI is InChI=1S/C16H12F4/c1-7-3-5-9-10-6-4-8(2)14(18)12(10)16(20)15(19)11(9)13(7)17/h3-6,15-16H,1-2H3. The van der Waals surface area contributed by atoms with Gasteiger partial charge < -0.3 is 0 Å². The molecule has 2 aromatic carbocycles. The second-order valence-corrected chi connectivity index (χ2v) is 5.12. The van der Waals surface area contributed by atoms with Gasteiger partial charge in [0.15, 0.2) is 12.3 Å². The van der Waals surface area contributed by atoms with E-state index in [1.54, 1.807) is 0 Å². The average molecular weight is 280 g/mol. The number of hydrogen-bond acceptors (Lipinski definition) is 0. The monoisotopic (exact) mass is 280 g/mol. The Morgan fingerprint density at radius 2 is 1.05 bits per heavy atom. The van der Waals surface area contributed by atoms with E-state index in [0.717, 1.165) is 0 Å². The number of halogens is 4. The van der Waals surface area contributed by atoms with Crippen molar-refractivity contribution in [3.8, 4) is 11.1 Å². The van der Waals surface area contributed by atoms with Crippen LogP contribution in [0.1, 0.15) is 34.6 Å². The van der Waals surface area contributed by atoms with E-state index in [4.69, 9.17) is 0 Å². The van der Waals surface area contributed by atoms with Crippen molar-refractivity contribution in [1.29, 1.82) is 0 Å². The van der Waals surface area contributed by atoms with Crippen LogP contribution in [0.3, 0.4) is 0 Å². The summed E-state index contributed by atoms with van der Waals surface area (Å²) in [4.78, 5) is 0. The Bertz CT molecular complexity index is 645. The van der Waals surface area contributed by atoms with Gasteiger partial charge in [0.2, 0.25) is 0 Å². The third-order valence-corrected chi connectivity index (χ3v) is 3.84. The molecule has 0 N–H and O–H groups in total. The van der Waals surface area contributed by atoms with Crippen molar-refractivity contribution in [2.24, 2.45) is 0 Å². The van der Waals surface area contributed by atoms with Crippen molar-refractivity contribution >= 4 is 0 Å². The van der Waals surface area contributed by atoms with Crippen molar-refractivity contribution in [3.63, 3.8) is 0 Å². The summed E-state index contributed by atoms with van der Waals surface area (Å²) >= 11 is 0. The molecule has 1 aliphatic rings. The van der Waals surface area contributed by atoms with Crippen molar-refractivity contribution in [2.75, 3.05) is 0 Å². The molecule has 0 radical (unpaired) electrons. The molecule has 0 saturated heterocycles. The molecule has 2 atom stereocenters. The van der Waals surface area contributed by atoms with Gasteiger partial charge in [0.05, 0.1) is 0 Å². The van der Waals surface area contributed by atoms with Crippen LogP contribution in [-0.2, 0) is 0 Å². The maximum atomic E-state index is 14.2. The van der Waals surface area contributed by atoms with Gasteiger partial charge in [-0.15, -0.1) is 0 Å². The number of benzene rings is 2. The van der Waals surface area contributed by atoms with Crippen LogP contribution >= 0.6 is 0 Å². The Morgan fingerprint density at radius 3 is 1.40 bits per heavy atom. The van der Waals surface area contributed by atoms with Crippen LogP contribution in [0.5, 0.6) is 0 Å². The van der Waals surface area contributed by atoms with Gasteiger partial charge in [-0.25, -0.2) is 17.6 Å². The highest BCUT2D eigenvalue weighted by Gasteiger charge is 2.38. The highest BCUT2D eigenvalue weighted by molar-refractivity contribution is 5.75. The van der Waals surface area contributed by atoms with E-state index >= 15 is 0 Å². The largest absolute Gasteiger partial charge is 0.239 e. The van der Waals surface area contributed by atoms with Crippen LogP contribution in [0.4, 0.5) is 17.6 Å². The first-order valence-electron chi connectivity index (χ1n) is 6.30. The van der Waals surface area contributed by atoms with Gasteiger partial charge in [-0.3, -0.25) is 0 Å². The lowest BCUT2D eigenvalue weighted by Gasteiger charge is -2.28. The third kappa shape index (κ3) is 1.60. The molecular formula is C16H12F4. The molecule has 20 heavy (non-hydrogen) atoms. The van der Waals surface area contributed by atoms with Crippen LogP contribution in [0.25, 0.3) is 11.1 Å². The molecule has 0 bridgehead atoms. The first kappa shape index (κ1) is 13.2. The van der Waals surface area contributed by atoms with Crippen molar-refractivity contribution < 1.29 is 17.6 Å². The topological polar surface area (TPSA) is 0 Å². The number of alkyl halides is 2. The molecule has 0 saturated carbocycles. The smallest absolute Gasteiger partial charge is 0.164 e. The van der Waals surface area contributed by atoms with E-state index in [9.17, 15) is 17.6 Å². The predicted octanol–water partition coefficient (Wildman–Crippen LogP) is 5.28. The minimum absolute atomic E-state index is 0.225. The fourth-order valence-corrected chi connectivity index (χ4v) is 2.71. The molecule has 0 aromatic heterocycles. The van der Waals surface area contributed by atoms with Crippen LogP contribution in [0.15, 0.2) is 24.3 Å². The molecule has 3 rings (SSSR count). The quantitative estimate of drug-likeness (QED) is 0.576. The lowest BCUT2D eigenvalue weighted by Crippen LogP contribution is -2.16. The minimum atomic E-state index is -2.19. The van der Waals surface area contributed by atoms with E-state index in [1.807, 2.05) is 0 Å². The summed E-state index contributed by atoms with van der Waals surface area (Å²) in [6.45, 7) is 2.97. The zero-order chi connectivity index (χ0) is 14.6. The molecule has 0 amide bonds. The number of aryl methyl sites for hydroxylation is 2. The lowest BCUT2D eigenvalue weighted by molar-refractivity contribution is 0.160. The zero-order valence-corrected chi connectivity index (χ0v) is 11.0. The van der Waals surface area contributed by atoms with Crippen LogP contribution in [0, 0.1) is 25.5 Å². The van der Waals surface area contributed by atoms with E-state index in [2.05, 4.69) is 0 Å². The van der Waals surface area contributed by atoms with Crippen LogP contribution in [0.2, 0.25) is 0 Å². The van der Waals surface area contributed by atoms with Crippen molar-refractivity contribution in [2.45, 2.75) is 26.2 Å². The summed E-state index contributed by atoms with van der Waals surface area (Å²) in [6, 6.07) is 6.00. The average Bonchev–Trinajstić information content (AvgIpc) is 2.42. The molecule has 2 aromatic rings. The molecule has 0 spiro atoms. The number of rotatable bonds is 0. The molecule has 0 nitrogen and oxygen atoms in total. The van der Waals surface area contributed by atoms with E-state index in [0.29, 0.717) is 0 Å². The molecule has 2 unspecified atom stereocenters. The minimum Gasteiger partial charge on any atom is -0.239 e. The Hall–Kier alpha value is -1.84. The SMILES string of the molecule is Cc1ccc2c(c1F)C(F)C(F)c1c-2ccc(C)c1F. The molecule has 0 aliphatic heterocycles. The number of hydrogen-bond donors (Lipinski definition) is 0. The zero-order valence-electron chi connectivity index (χ0n) is 11.0. The highest BCUT2D eigenvalue weighted by atomic mass is 19.2. The Morgan fingerprint density at radius 1 is 0.700 bits per heavy atom. The van der Waals surface area contributed by atoms with Gasteiger partial charge in [-0.05, 0) is 36.1 Å². The van der Waals surface area contributed by atoms with Gasteiger partial charge in [0.25, 0.3) is 0 Å². The van der Waals surface area contributed by atoms with E-state index < -0.39 is 24.0 Å². The predicted molar refractivity (Wildman–Crippen MR) is 69.0 cm³/mol. The summed E-state index contributed by atoms with van der Waals surface area (Å²) in [7, 11) is 0. The first-order chi connectivity index (χ1) is 9.43. The number of fused-ring (bicyclic) bond motifs is 3. The van der Waals surface area contributed by atoms with Crippen LogP contribution in [-0.4, -0.2) is 0 Å². The second kappa shape index (κ2) is 4.33. The fraction of sp³-hybridized carbons (Fsp3) is 0.250. The Balaban J connectivity index is 2.40. The highest BCUT2D eigenvalue weighted by Crippen LogP contribution is 2.50. The normalized spacial score (nSPS) is 20.5. The molecule has 104 valence electrons. The summed E-state index contributed by atoms with van der Waals surface area (Å²) < 4.78 is 56.6. The van der Waals surface area contributed by atoms with Crippen molar-refractivity contribution in [1.82, 2.24) is 0 Å². The van der Waals surface area contributed by atoms with Crippen LogP contribution < -0.4 is 0 Å². The summed E-state index contributed by atoms with van der Waals surface area (Å²) in [5, 5.41) is 0. The molecule has 4 heteroatoms. The van der Waals surface area contributed by atoms with Gasteiger partial charge in [-0.1, -0.05) is 24.3 Å². The van der Waals surface area contributed by atoms with Gasteiger partial charge in [-0.2, -0.15) is 0 Å². The second-order valence-electron chi connectivity index (χ2n) is 5.12. The Kier molecular flexibility index (Phi) is 2.85. The third-order valence-electron chi connectivity index (χ3n) is 3.84. The van der Waals surface area contributed by atoms with Gasteiger partial charge in [0.1, 0.15) is 11.6 Å². The van der Waals surface area contributed by atoms with Gasteiger partial charge >= 0.3 is 0 Å². The van der Waals surface area contributed by atoms with Gasteiger partial charge in [0, 0.05) is 11.1 Å². The maximum absolute atomic E-state index is 14.2. The molecular weight excluding hydrogens is 268 g/mol. The summed E-state index contributed by atoms with van der Waals surface area (Å²) in [5.41, 5.74) is 0.317. The molecule has 0 heterocycles.